The Morgan fingerprint density at radius 3 is 2.54 bits per heavy atom. The number of carboxylic acid groups (broad SMARTS) is 1. The summed E-state index contributed by atoms with van der Waals surface area (Å²) in [5.74, 6) is 1.39. The highest BCUT2D eigenvalue weighted by Crippen LogP contribution is 2.24. The minimum Gasteiger partial charge on any atom is -0.483 e. The first-order valence-electron chi connectivity index (χ1n) is 7.31. The van der Waals surface area contributed by atoms with Crippen LogP contribution in [0.5, 0.6) is 0 Å². The number of anilines is 3. The molecule has 2 amide bonds. The number of likely N-dealkylation sites (N-methyl/N-ethyl adjacent to an activating group) is 1. The largest absolute Gasteiger partial charge is 0.483 e. The molecule has 1 saturated heterocycles. The molecule has 0 atom stereocenters. The molecule has 1 aromatic carbocycles. The molecule has 9 nitrogen and oxygen atoms in total. The summed E-state index contributed by atoms with van der Waals surface area (Å²) in [4.78, 5) is 28.2. The SMILES string of the molecule is Cc1nc(Nc2cccc(N3CCN(C)C3=O)c2)n(C)n1.O=CO. The number of aryl methyl sites for hydroxylation is 2. The first-order chi connectivity index (χ1) is 11.5. The van der Waals surface area contributed by atoms with Gasteiger partial charge in [0.2, 0.25) is 5.95 Å². The van der Waals surface area contributed by atoms with Gasteiger partial charge in [-0.3, -0.25) is 9.69 Å². The van der Waals surface area contributed by atoms with Gasteiger partial charge in [-0.2, -0.15) is 10.1 Å². The van der Waals surface area contributed by atoms with E-state index < -0.39 is 0 Å². The molecule has 2 N–H and O–H groups in total. The molecule has 9 heteroatoms. The van der Waals surface area contributed by atoms with Crippen LogP contribution in [0.1, 0.15) is 5.82 Å². The fourth-order valence-corrected chi connectivity index (χ4v) is 2.39. The number of amides is 2. The third-order valence-electron chi connectivity index (χ3n) is 3.50. The Hall–Kier alpha value is -3.10. The summed E-state index contributed by atoms with van der Waals surface area (Å²) in [6.07, 6.45) is 0. The molecule has 24 heavy (non-hydrogen) atoms. The highest BCUT2D eigenvalue weighted by atomic mass is 16.3. The summed E-state index contributed by atoms with van der Waals surface area (Å²) >= 11 is 0. The van der Waals surface area contributed by atoms with Gasteiger partial charge >= 0.3 is 6.03 Å². The third kappa shape index (κ3) is 3.80. The molecule has 128 valence electrons. The van der Waals surface area contributed by atoms with Crippen LogP contribution in [0.2, 0.25) is 0 Å². The molecule has 1 fully saturated rings. The lowest BCUT2D eigenvalue weighted by Crippen LogP contribution is -2.29. The molecule has 1 aliphatic rings. The van der Waals surface area contributed by atoms with E-state index in [0.29, 0.717) is 18.3 Å². The van der Waals surface area contributed by atoms with E-state index in [4.69, 9.17) is 9.90 Å². The fourth-order valence-electron chi connectivity index (χ4n) is 2.39. The molecule has 0 bridgehead atoms. The molecule has 0 spiro atoms. The molecule has 2 aromatic rings. The lowest BCUT2D eigenvalue weighted by molar-refractivity contribution is -0.122. The molecule has 1 aromatic heterocycles. The second-order valence-corrected chi connectivity index (χ2v) is 5.24. The zero-order chi connectivity index (χ0) is 17.7. The predicted octanol–water partition coefficient (Wildman–Crippen LogP) is 1.44. The van der Waals surface area contributed by atoms with Crippen molar-refractivity contribution >= 4 is 29.8 Å². The van der Waals surface area contributed by atoms with E-state index in [1.54, 1.807) is 14.5 Å². The van der Waals surface area contributed by atoms with E-state index in [1.807, 2.05) is 45.3 Å². The van der Waals surface area contributed by atoms with Crippen LogP contribution in [0.3, 0.4) is 0 Å². The van der Waals surface area contributed by atoms with E-state index in [-0.39, 0.29) is 12.5 Å². The number of hydrogen-bond donors (Lipinski definition) is 2. The van der Waals surface area contributed by atoms with E-state index in [1.165, 1.54) is 0 Å². The number of nitrogens with one attached hydrogen (secondary N) is 1. The smallest absolute Gasteiger partial charge is 0.324 e. The number of carbonyl (C=O) groups is 2. The van der Waals surface area contributed by atoms with E-state index in [2.05, 4.69) is 15.4 Å². The molecular formula is C15H20N6O3. The van der Waals surface area contributed by atoms with Gasteiger partial charge in [-0.1, -0.05) is 6.07 Å². The maximum atomic E-state index is 12.0. The van der Waals surface area contributed by atoms with Crippen molar-refractivity contribution in [2.24, 2.45) is 7.05 Å². The standard InChI is InChI=1S/C14H18N6O.CH2O2/c1-10-15-13(19(3)17-10)16-11-5-4-6-12(9-11)20-8-7-18(2)14(20)21;2-1-3/h4-6,9H,7-8H2,1-3H3,(H,15,16,17);1H,(H,2,3). The number of aromatic nitrogens is 3. The van der Waals surface area contributed by atoms with Crippen LogP contribution >= 0.6 is 0 Å². The Kier molecular flexibility index (Phi) is 5.35. The van der Waals surface area contributed by atoms with E-state index >= 15 is 0 Å². The maximum Gasteiger partial charge on any atom is 0.324 e. The molecule has 3 rings (SSSR count). The van der Waals surface area contributed by atoms with Gasteiger partial charge in [-0.05, 0) is 25.1 Å². The minimum absolute atomic E-state index is 0.0293. The van der Waals surface area contributed by atoms with Crippen molar-refractivity contribution in [3.63, 3.8) is 0 Å². The summed E-state index contributed by atoms with van der Waals surface area (Å²) in [6, 6.07) is 7.77. The summed E-state index contributed by atoms with van der Waals surface area (Å²) < 4.78 is 1.69. The summed E-state index contributed by atoms with van der Waals surface area (Å²) in [6.45, 7) is 3.06. The summed E-state index contributed by atoms with van der Waals surface area (Å²) in [7, 11) is 3.65. The van der Waals surface area contributed by atoms with Crippen LogP contribution in [-0.4, -0.2) is 57.4 Å². The molecule has 1 aliphatic heterocycles. The van der Waals surface area contributed by atoms with Gasteiger partial charge in [0.15, 0.2) is 0 Å². The normalized spacial score (nSPS) is 13.5. The van der Waals surface area contributed by atoms with Crippen molar-refractivity contribution in [1.82, 2.24) is 19.7 Å². The van der Waals surface area contributed by atoms with Gasteiger partial charge in [-0.25, -0.2) is 9.48 Å². The molecule has 0 aliphatic carbocycles. The van der Waals surface area contributed by atoms with Crippen molar-refractivity contribution in [1.29, 1.82) is 0 Å². The number of rotatable bonds is 3. The Morgan fingerprint density at radius 1 is 1.29 bits per heavy atom. The number of nitrogens with zero attached hydrogens (tertiary/aromatic N) is 5. The average Bonchev–Trinajstić information content (AvgIpc) is 3.03. The van der Waals surface area contributed by atoms with Crippen molar-refractivity contribution in [2.75, 3.05) is 30.4 Å². The number of urea groups is 1. The van der Waals surface area contributed by atoms with Crippen molar-refractivity contribution in [2.45, 2.75) is 6.92 Å². The Bertz CT molecular complexity index is 730. The van der Waals surface area contributed by atoms with Crippen LogP contribution in [0.15, 0.2) is 24.3 Å². The van der Waals surface area contributed by atoms with Crippen LogP contribution in [0.4, 0.5) is 22.1 Å². The fraction of sp³-hybridized carbons (Fsp3) is 0.333. The van der Waals surface area contributed by atoms with Gasteiger partial charge < -0.3 is 15.3 Å². The number of benzene rings is 1. The van der Waals surface area contributed by atoms with E-state index in [0.717, 1.165) is 17.9 Å². The number of hydrogen-bond acceptors (Lipinski definition) is 5. The van der Waals surface area contributed by atoms with Gasteiger partial charge in [0.1, 0.15) is 5.82 Å². The van der Waals surface area contributed by atoms with Gasteiger partial charge in [0, 0.05) is 38.6 Å². The van der Waals surface area contributed by atoms with E-state index in [9.17, 15) is 4.79 Å². The predicted molar refractivity (Wildman–Crippen MR) is 89.5 cm³/mol. The third-order valence-corrected chi connectivity index (χ3v) is 3.50. The van der Waals surface area contributed by atoms with Crippen molar-refractivity contribution in [3.8, 4) is 0 Å². The molecule has 0 radical (unpaired) electrons. The lowest BCUT2D eigenvalue weighted by atomic mass is 10.2. The molecule has 0 unspecified atom stereocenters. The van der Waals surface area contributed by atoms with Crippen molar-refractivity contribution in [3.05, 3.63) is 30.1 Å². The van der Waals surface area contributed by atoms with Gasteiger partial charge in [-0.15, -0.1) is 0 Å². The quantitative estimate of drug-likeness (QED) is 0.824. The topological polar surface area (TPSA) is 104 Å². The number of carbonyl (C=O) groups excluding carboxylic acids is 1. The lowest BCUT2D eigenvalue weighted by Gasteiger charge is -2.17. The summed E-state index contributed by atoms with van der Waals surface area (Å²) in [5.41, 5.74) is 1.76. The molecule has 2 heterocycles. The average molecular weight is 332 g/mol. The summed E-state index contributed by atoms with van der Waals surface area (Å²) in [5, 5.41) is 14.3. The Morgan fingerprint density at radius 2 is 2.00 bits per heavy atom. The van der Waals surface area contributed by atoms with Gasteiger partial charge in [0.05, 0.1) is 0 Å². The molecular weight excluding hydrogens is 312 g/mol. The Labute approximate surface area is 139 Å². The second-order valence-electron chi connectivity index (χ2n) is 5.24. The van der Waals surface area contributed by atoms with Crippen LogP contribution < -0.4 is 10.2 Å². The zero-order valence-electron chi connectivity index (χ0n) is 13.8. The van der Waals surface area contributed by atoms with Crippen LogP contribution in [-0.2, 0) is 11.8 Å². The maximum absolute atomic E-state index is 12.0. The second kappa shape index (κ2) is 7.44. The first-order valence-corrected chi connectivity index (χ1v) is 7.31. The zero-order valence-corrected chi connectivity index (χ0v) is 13.8. The van der Waals surface area contributed by atoms with Crippen molar-refractivity contribution < 1.29 is 14.7 Å². The van der Waals surface area contributed by atoms with Gasteiger partial charge in [0.25, 0.3) is 6.47 Å². The molecule has 0 saturated carbocycles. The first kappa shape index (κ1) is 17.3. The minimum atomic E-state index is -0.250. The van der Waals surface area contributed by atoms with Crippen LogP contribution in [0.25, 0.3) is 0 Å². The highest BCUT2D eigenvalue weighted by molar-refractivity contribution is 5.94. The monoisotopic (exact) mass is 332 g/mol. The van der Waals surface area contributed by atoms with Crippen LogP contribution in [0, 0.1) is 6.92 Å². The Balaban J connectivity index is 0.000000647. The highest BCUT2D eigenvalue weighted by Gasteiger charge is 2.26.